The van der Waals surface area contributed by atoms with Crippen LogP contribution in [0.4, 0.5) is 0 Å². The fourth-order valence-electron chi connectivity index (χ4n) is 1.61. The molecule has 4 nitrogen and oxygen atoms in total. The van der Waals surface area contributed by atoms with Crippen LogP contribution in [0.25, 0.3) is 0 Å². The van der Waals surface area contributed by atoms with Crippen LogP contribution in [0, 0.1) is 0 Å². The number of rotatable bonds is 0. The molecule has 0 saturated carbocycles. The van der Waals surface area contributed by atoms with Gasteiger partial charge in [-0.1, -0.05) is 0 Å². The Morgan fingerprint density at radius 2 is 1.92 bits per heavy atom. The van der Waals surface area contributed by atoms with E-state index in [1.165, 1.54) is 0 Å². The Labute approximate surface area is 69.5 Å². The molecule has 0 aromatic carbocycles. The summed E-state index contributed by atoms with van der Waals surface area (Å²) in [5.41, 5.74) is 1.41. The second-order valence-corrected chi connectivity index (χ2v) is 3.20. The van der Waals surface area contributed by atoms with Crippen LogP contribution in [0.5, 0.6) is 0 Å². The zero-order valence-electron chi connectivity index (χ0n) is 6.49. The molecule has 0 spiro atoms. The molecule has 2 N–H and O–H groups in total. The minimum atomic E-state index is -0.811. The Morgan fingerprint density at radius 1 is 1.25 bits per heavy atom. The van der Waals surface area contributed by atoms with Crippen molar-refractivity contribution in [2.75, 3.05) is 6.61 Å². The van der Waals surface area contributed by atoms with Crippen LogP contribution < -0.4 is 0 Å². The van der Waals surface area contributed by atoms with Gasteiger partial charge in [0.2, 0.25) is 0 Å². The van der Waals surface area contributed by atoms with E-state index in [1.807, 2.05) is 0 Å². The lowest BCUT2D eigenvalue weighted by Gasteiger charge is -2.22. The number of carbonyl (C=O) groups is 1. The molecule has 0 bridgehead atoms. The third-order valence-electron chi connectivity index (χ3n) is 2.36. The highest BCUT2D eigenvalue weighted by Gasteiger charge is 2.34. The maximum absolute atomic E-state index is 11.0. The number of carbonyl (C=O) groups excluding carboxylic acids is 1. The molecule has 4 heteroatoms. The van der Waals surface area contributed by atoms with Crippen molar-refractivity contribution in [3.8, 4) is 0 Å². The van der Waals surface area contributed by atoms with Crippen molar-refractivity contribution in [2.24, 2.45) is 0 Å². The number of hydrogen-bond donors (Lipinski definition) is 2. The Hall–Kier alpha value is -0.870. The predicted molar refractivity (Wildman–Crippen MR) is 39.2 cm³/mol. The fraction of sp³-hybridized carbons (Fsp3) is 0.625. The second kappa shape index (κ2) is 2.57. The van der Waals surface area contributed by atoms with Crippen molar-refractivity contribution >= 4 is 5.97 Å². The van der Waals surface area contributed by atoms with Crippen LogP contribution in [0.2, 0.25) is 0 Å². The van der Waals surface area contributed by atoms with Crippen molar-refractivity contribution in [1.82, 2.24) is 0 Å². The smallest absolute Gasteiger partial charge is 0.334 e. The Balaban J connectivity index is 2.25. The zero-order valence-corrected chi connectivity index (χ0v) is 6.49. The quantitative estimate of drug-likeness (QED) is 0.474. The number of aliphatic hydroxyl groups excluding tert-OH is 2. The zero-order chi connectivity index (χ0) is 8.72. The van der Waals surface area contributed by atoms with Crippen molar-refractivity contribution in [1.29, 1.82) is 0 Å². The molecule has 0 fully saturated rings. The summed E-state index contributed by atoms with van der Waals surface area (Å²) in [6, 6.07) is 0. The first kappa shape index (κ1) is 7.76. The van der Waals surface area contributed by atoms with Gasteiger partial charge in [0, 0.05) is 18.4 Å². The SMILES string of the molecule is O=C1OCC2=C1CC(O)C(O)C2. The second-order valence-electron chi connectivity index (χ2n) is 3.20. The van der Waals surface area contributed by atoms with Gasteiger partial charge in [-0.15, -0.1) is 0 Å². The Kier molecular flexibility index (Phi) is 1.66. The number of esters is 1. The van der Waals surface area contributed by atoms with E-state index in [4.69, 9.17) is 4.74 Å². The molecule has 0 radical (unpaired) electrons. The highest BCUT2D eigenvalue weighted by atomic mass is 16.5. The molecule has 0 aromatic heterocycles. The maximum Gasteiger partial charge on any atom is 0.334 e. The van der Waals surface area contributed by atoms with E-state index in [1.54, 1.807) is 0 Å². The minimum Gasteiger partial charge on any atom is -0.458 e. The molecule has 0 amide bonds. The summed E-state index contributed by atoms with van der Waals surface area (Å²) in [5.74, 6) is -0.337. The fourth-order valence-corrected chi connectivity index (χ4v) is 1.61. The molecule has 0 saturated heterocycles. The standard InChI is InChI=1S/C8H10O4/c9-6-1-4-3-12-8(11)5(4)2-7(6)10/h6-7,9-10H,1-3H2. The molecule has 2 unspecified atom stereocenters. The highest BCUT2D eigenvalue weighted by molar-refractivity contribution is 5.92. The summed E-state index contributed by atoms with van der Waals surface area (Å²) in [5, 5.41) is 18.5. The molecular weight excluding hydrogens is 160 g/mol. The summed E-state index contributed by atoms with van der Waals surface area (Å²) in [4.78, 5) is 11.0. The van der Waals surface area contributed by atoms with Crippen LogP contribution in [-0.2, 0) is 9.53 Å². The van der Waals surface area contributed by atoms with Gasteiger partial charge in [0.05, 0.1) is 12.2 Å². The van der Waals surface area contributed by atoms with Gasteiger partial charge in [0.15, 0.2) is 0 Å². The van der Waals surface area contributed by atoms with Gasteiger partial charge in [-0.25, -0.2) is 4.79 Å². The summed E-state index contributed by atoms with van der Waals surface area (Å²) in [7, 11) is 0. The molecule has 0 aromatic rings. The maximum atomic E-state index is 11.0. The van der Waals surface area contributed by atoms with Gasteiger partial charge in [-0.05, 0) is 5.57 Å². The van der Waals surface area contributed by atoms with Crippen LogP contribution in [0.15, 0.2) is 11.1 Å². The molecule has 12 heavy (non-hydrogen) atoms. The number of aliphatic hydroxyl groups is 2. The Morgan fingerprint density at radius 3 is 2.67 bits per heavy atom. The number of hydrogen-bond acceptors (Lipinski definition) is 4. The lowest BCUT2D eigenvalue weighted by molar-refractivity contribution is -0.136. The first-order valence-electron chi connectivity index (χ1n) is 3.92. The molecular formula is C8H10O4. The monoisotopic (exact) mass is 170 g/mol. The van der Waals surface area contributed by atoms with E-state index in [0.717, 1.165) is 5.57 Å². The van der Waals surface area contributed by atoms with Crippen LogP contribution in [-0.4, -0.2) is 35.0 Å². The van der Waals surface area contributed by atoms with Crippen molar-refractivity contribution < 1.29 is 19.7 Å². The molecule has 2 atom stereocenters. The normalized spacial score (nSPS) is 35.0. The summed E-state index contributed by atoms with van der Waals surface area (Å²) in [6.07, 6.45) is -0.954. The van der Waals surface area contributed by atoms with E-state index >= 15 is 0 Å². The third-order valence-corrected chi connectivity index (χ3v) is 2.36. The number of ether oxygens (including phenoxy) is 1. The molecule has 1 aliphatic heterocycles. The molecule has 1 aliphatic carbocycles. The third kappa shape index (κ3) is 1.04. The topological polar surface area (TPSA) is 66.8 Å². The summed E-state index contributed by atoms with van der Waals surface area (Å²) < 4.78 is 4.76. The largest absolute Gasteiger partial charge is 0.458 e. The van der Waals surface area contributed by atoms with Crippen LogP contribution in [0.1, 0.15) is 12.8 Å². The first-order valence-corrected chi connectivity index (χ1v) is 3.92. The molecule has 2 rings (SSSR count). The van der Waals surface area contributed by atoms with E-state index in [-0.39, 0.29) is 19.0 Å². The van der Waals surface area contributed by atoms with Gasteiger partial charge in [0.1, 0.15) is 6.61 Å². The van der Waals surface area contributed by atoms with Gasteiger partial charge in [-0.2, -0.15) is 0 Å². The van der Waals surface area contributed by atoms with Gasteiger partial charge < -0.3 is 14.9 Å². The first-order chi connectivity index (χ1) is 5.68. The van der Waals surface area contributed by atoms with Crippen molar-refractivity contribution in [3.05, 3.63) is 11.1 Å². The van der Waals surface area contributed by atoms with E-state index in [9.17, 15) is 15.0 Å². The van der Waals surface area contributed by atoms with E-state index < -0.39 is 12.2 Å². The van der Waals surface area contributed by atoms with Gasteiger partial charge in [0.25, 0.3) is 0 Å². The highest BCUT2D eigenvalue weighted by Crippen LogP contribution is 2.30. The van der Waals surface area contributed by atoms with Gasteiger partial charge >= 0.3 is 5.97 Å². The molecule has 66 valence electrons. The summed E-state index contributed by atoms with van der Waals surface area (Å²) in [6.45, 7) is 0.290. The van der Waals surface area contributed by atoms with E-state index in [2.05, 4.69) is 0 Å². The minimum absolute atomic E-state index is 0.231. The van der Waals surface area contributed by atoms with E-state index in [0.29, 0.717) is 12.0 Å². The lowest BCUT2D eigenvalue weighted by Crippen LogP contribution is -2.31. The number of cyclic esters (lactones) is 1. The molecule has 2 aliphatic rings. The predicted octanol–water partition coefficient (Wildman–Crippen LogP) is -0.645. The van der Waals surface area contributed by atoms with Crippen LogP contribution >= 0.6 is 0 Å². The van der Waals surface area contributed by atoms with Crippen molar-refractivity contribution in [2.45, 2.75) is 25.0 Å². The summed E-state index contributed by atoms with van der Waals surface area (Å²) >= 11 is 0. The molecule has 1 heterocycles. The Bertz CT molecular complexity index is 256. The van der Waals surface area contributed by atoms with Crippen molar-refractivity contribution in [3.63, 3.8) is 0 Å². The lowest BCUT2D eigenvalue weighted by atomic mass is 9.89. The van der Waals surface area contributed by atoms with Gasteiger partial charge in [-0.3, -0.25) is 0 Å². The average Bonchev–Trinajstić information content (AvgIpc) is 2.35. The average molecular weight is 170 g/mol. The van der Waals surface area contributed by atoms with Crippen LogP contribution in [0.3, 0.4) is 0 Å².